The summed E-state index contributed by atoms with van der Waals surface area (Å²) in [6, 6.07) is 7.65. The van der Waals surface area contributed by atoms with E-state index in [1.165, 1.54) is 0 Å². The third-order valence-corrected chi connectivity index (χ3v) is 3.54. The molecule has 1 amide bonds. The van der Waals surface area contributed by atoms with E-state index in [0.29, 0.717) is 24.7 Å². The zero-order valence-corrected chi connectivity index (χ0v) is 11.4. The van der Waals surface area contributed by atoms with Crippen LogP contribution < -0.4 is 5.32 Å². The summed E-state index contributed by atoms with van der Waals surface area (Å²) in [5.41, 5.74) is 0.735. The molecule has 98 valence electrons. The number of alkyl halides is 1. The third-order valence-electron chi connectivity index (χ3n) is 3.06. The fourth-order valence-electron chi connectivity index (χ4n) is 2.26. The van der Waals surface area contributed by atoms with Gasteiger partial charge < -0.3 is 10.1 Å². The molecule has 1 aliphatic rings. The molecule has 1 fully saturated rings. The molecule has 1 aromatic rings. The molecule has 0 radical (unpaired) electrons. The number of carbonyl (C=O) groups excluding carboxylic acids is 1. The lowest BCUT2D eigenvalue weighted by atomic mass is 9.90. The monoisotopic (exact) mass is 287 g/mol. The number of carbonyl (C=O) groups is 1. The van der Waals surface area contributed by atoms with Crippen LogP contribution in [0, 0.1) is 0 Å². The van der Waals surface area contributed by atoms with E-state index < -0.39 is 0 Å². The molecule has 5 heteroatoms. The summed E-state index contributed by atoms with van der Waals surface area (Å²) in [5, 5.41) is 3.67. The molecule has 1 unspecified atom stereocenters. The van der Waals surface area contributed by atoms with Crippen molar-refractivity contribution in [3.63, 3.8) is 0 Å². The number of rotatable bonds is 4. The molecule has 0 spiro atoms. The maximum absolute atomic E-state index is 11.5. The average Bonchev–Trinajstić information content (AvgIpc) is 2.77. The second kappa shape index (κ2) is 5.91. The first-order valence-corrected chi connectivity index (χ1v) is 6.74. The summed E-state index contributed by atoms with van der Waals surface area (Å²) < 4.78 is 5.42. The van der Waals surface area contributed by atoms with Crippen LogP contribution in [-0.2, 0) is 16.0 Å². The van der Waals surface area contributed by atoms with Crippen molar-refractivity contribution in [2.75, 3.05) is 19.1 Å². The molecule has 3 nitrogen and oxygen atoms in total. The van der Waals surface area contributed by atoms with E-state index in [2.05, 4.69) is 5.32 Å². The lowest BCUT2D eigenvalue weighted by Crippen LogP contribution is -2.51. The number of amides is 1. The SMILES string of the molecule is O=C(CCl)NC1(Cc2cccc(Cl)c2)CCOC1. The van der Waals surface area contributed by atoms with Gasteiger partial charge in [-0.2, -0.15) is 0 Å². The Hall–Kier alpha value is -0.770. The van der Waals surface area contributed by atoms with Gasteiger partial charge in [0, 0.05) is 11.6 Å². The minimum absolute atomic E-state index is 0.0305. The normalized spacial score (nSPS) is 23.0. The first-order valence-electron chi connectivity index (χ1n) is 5.83. The number of benzene rings is 1. The Morgan fingerprint density at radius 1 is 1.50 bits per heavy atom. The molecule has 1 atom stereocenters. The smallest absolute Gasteiger partial charge is 0.235 e. The van der Waals surface area contributed by atoms with Gasteiger partial charge in [-0.05, 0) is 30.5 Å². The predicted molar refractivity (Wildman–Crippen MR) is 72.2 cm³/mol. The third kappa shape index (κ3) is 3.37. The Bertz CT molecular complexity index is 431. The molecule has 0 bridgehead atoms. The van der Waals surface area contributed by atoms with Gasteiger partial charge in [-0.25, -0.2) is 0 Å². The fraction of sp³-hybridized carbons (Fsp3) is 0.462. The van der Waals surface area contributed by atoms with Crippen LogP contribution in [0.3, 0.4) is 0 Å². The quantitative estimate of drug-likeness (QED) is 0.864. The van der Waals surface area contributed by atoms with Crippen LogP contribution in [0.4, 0.5) is 0 Å². The average molecular weight is 288 g/mol. The molecule has 0 saturated carbocycles. The maximum Gasteiger partial charge on any atom is 0.235 e. The van der Waals surface area contributed by atoms with E-state index in [1.807, 2.05) is 24.3 Å². The molecule has 0 aliphatic carbocycles. The van der Waals surface area contributed by atoms with E-state index in [1.54, 1.807) is 0 Å². The summed E-state index contributed by atoms with van der Waals surface area (Å²) in [5.74, 6) is -0.193. The lowest BCUT2D eigenvalue weighted by molar-refractivity contribution is -0.120. The molecule has 18 heavy (non-hydrogen) atoms. The zero-order chi connectivity index (χ0) is 13.0. The summed E-state index contributed by atoms with van der Waals surface area (Å²) in [4.78, 5) is 11.5. The zero-order valence-electron chi connectivity index (χ0n) is 9.92. The first-order chi connectivity index (χ1) is 8.63. The van der Waals surface area contributed by atoms with Crippen LogP contribution in [0.5, 0.6) is 0 Å². The Morgan fingerprint density at radius 2 is 2.33 bits per heavy atom. The van der Waals surface area contributed by atoms with Crippen LogP contribution in [-0.4, -0.2) is 30.5 Å². The summed E-state index contributed by atoms with van der Waals surface area (Å²) >= 11 is 11.5. The van der Waals surface area contributed by atoms with Gasteiger partial charge in [-0.1, -0.05) is 23.7 Å². The standard InChI is InChI=1S/C13H15Cl2NO2/c14-8-12(17)16-13(4-5-18-9-13)7-10-2-1-3-11(15)6-10/h1-3,6H,4-5,7-9H2,(H,16,17). The molecule has 1 N–H and O–H groups in total. The number of nitrogens with one attached hydrogen (secondary N) is 1. The Kier molecular flexibility index (Phi) is 4.49. The second-order valence-corrected chi connectivity index (χ2v) is 5.28. The van der Waals surface area contributed by atoms with Crippen LogP contribution in [0.15, 0.2) is 24.3 Å². The fourth-order valence-corrected chi connectivity index (χ4v) is 2.54. The number of hydrogen-bond donors (Lipinski definition) is 1. The van der Waals surface area contributed by atoms with Crippen LogP contribution >= 0.6 is 23.2 Å². The van der Waals surface area contributed by atoms with Crippen molar-refractivity contribution in [3.8, 4) is 0 Å². The minimum atomic E-state index is -0.351. The van der Waals surface area contributed by atoms with Crippen LogP contribution in [0.25, 0.3) is 0 Å². The molecule has 0 aromatic heterocycles. The minimum Gasteiger partial charge on any atom is -0.379 e. The first kappa shape index (κ1) is 13.7. The highest BCUT2D eigenvalue weighted by atomic mass is 35.5. The van der Waals surface area contributed by atoms with Crippen molar-refractivity contribution in [1.82, 2.24) is 5.32 Å². The van der Waals surface area contributed by atoms with E-state index in [-0.39, 0.29) is 17.3 Å². The highest BCUT2D eigenvalue weighted by molar-refractivity contribution is 6.30. The Balaban J connectivity index is 2.13. The Labute approximate surface area is 116 Å². The molecule has 1 saturated heterocycles. The highest BCUT2D eigenvalue weighted by Gasteiger charge is 2.36. The van der Waals surface area contributed by atoms with Gasteiger partial charge >= 0.3 is 0 Å². The van der Waals surface area contributed by atoms with Crippen LogP contribution in [0.2, 0.25) is 5.02 Å². The van der Waals surface area contributed by atoms with Crippen molar-refractivity contribution in [1.29, 1.82) is 0 Å². The van der Waals surface area contributed by atoms with Gasteiger partial charge in [0.25, 0.3) is 0 Å². The van der Waals surface area contributed by atoms with Crippen molar-refractivity contribution in [3.05, 3.63) is 34.9 Å². The van der Waals surface area contributed by atoms with E-state index in [9.17, 15) is 4.79 Å². The van der Waals surface area contributed by atoms with Crippen molar-refractivity contribution in [2.24, 2.45) is 0 Å². The van der Waals surface area contributed by atoms with Gasteiger partial charge in [-0.15, -0.1) is 11.6 Å². The largest absolute Gasteiger partial charge is 0.379 e. The Morgan fingerprint density at radius 3 is 2.94 bits per heavy atom. The summed E-state index contributed by atoms with van der Waals surface area (Å²) in [7, 11) is 0. The maximum atomic E-state index is 11.5. The molecular formula is C13H15Cl2NO2. The van der Waals surface area contributed by atoms with Gasteiger partial charge in [0.1, 0.15) is 5.88 Å². The van der Waals surface area contributed by atoms with Crippen molar-refractivity contribution in [2.45, 2.75) is 18.4 Å². The number of halogens is 2. The van der Waals surface area contributed by atoms with Gasteiger partial charge in [0.15, 0.2) is 0 Å². The van der Waals surface area contributed by atoms with Crippen molar-refractivity contribution < 1.29 is 9.53 Å². The predicted octanol–water partition coefficient (Wildman–Crippen LogP) is 2.40. The molecule has 2 rings (SSSR count). The van der Waals surface area contributed by atoms with Crippen molar-refractivity contribution >= 4 is 29.1 Å². The lowest BCUT2D eigenvalue weighted by Gasteiger charge is -2.28. The topological polar surface area (TPSA) is 38.3 Å². The van der Waals surface area contributed by atoms with Gasteiger partial charge in [-0.3, -0.25) is 4.79 Å². The number of ether oxygens (including phenoxy) is 1. The van der Waals surface area contributed by atoms with Gasteiger partial charge in [0.2, 0.25) is 5.91 Å². The second-order valence-electron chi connectivity index (χ2n) is 4.57. The summed E-state index contributed by atoms with van der Waals surface area (Å²) in [6.07, 6.45) is 1.50. The molecule has 1 heterocycles. The summed E-state index contributed by atoms with van der Waals surface area (Å²) in [6.45, 7) is 1.17. The number of hydrogen-bond acceptors (Lipinski definition) is 2. The highest BCUT2D eigenvalue weighted by Crippen LogP contribution is 2.25. The van der Waals surface area contributed by atoms with E-state index >= 15 is 0 Å². The van der Waals surface area contributed by atoms with Crippen LogP contribution in [0.1, 0.15) is 12.0 Å². The molecule has 1 aromatic carbocycles. The van der Waals surface area contributed by atoms with E-state index in [4.69, 9.17) is 27.9 Å². The molecule has 1 aliphatic heterocycles. The van der Waals surface area contributed by atoms with Gasteiger partial charge in [0.05, 0.1) is 12.1 Å². The molecular weight excluding hydrogens is 273 g/mol. The van der Waals surface area contributed by atoms with E-state index in [0.717, 1.165) is 12.0 Å².